The zero-order valence-electron chi connectivity index (χ0n) is 8.23. The average Bonchev–Trinajstić information content (AvgIpc) is 2.66. The summed E-state index contributed by atoms with van der Waals surface area (Å²) >= 11 is 0. The van der Waals surface area contributed by atoms with Crippen molar-refractivity contribution in [3.05, 3.63) is 59.2 Å². The summed E-state index contributed by atoms with van der Waals surface area (Å²) in [5, 5.41) is 0. The summed E-state index contributed by atoms with van der Waals surface area (Å²) in [5.41, 5.74) is 5.93. The molecule has 1 nitrogen and oxygen atoms in total. The van der Waals surface area contributed by atoms with Crippen LogP contribution in [-0.2, 0) is 6.42 Å². The summed E-state index contributed by atoms with van der Waals surface area (Å²) in [7, 11) is 0. The maximum atomic E-state index is 10.7. The minimum atomic E-state index is 0.755. The SMILES string of the molecule is O=Cc1ccc2c(c1)-c1ccccc1C2. The summed E-state index contributed by atoms with van der Waals surface area (Å²) in [6.07, 6.45) is 1.89. The van der Waals surface area contributed by atoms with E-state index in [4.69, 9.17) is 0 Å². The second-order valence-corrected chi connectivity index (χ2v) is 3.87. The van der Waals surface area contributed by atoms with E-state index >= 15 is 0 Å². The van der Waals surface area contributed by atoms with Gasteiger partial charge in [0.2, 0.25) is 0 Å². The van der Waals surface area contributed by atoms with Crippen molar-refractivity contribution in [2.24, 2.45) is 0 Å². The molecule has 0 unspecified atom stereocenters. The highest BCUT2D eigenvalue weighted by molar-refractivity contribution is 5.83. The average molecular weight is 194 g/mol. The van der Waals surface area contributed by atoms with Gasteiger partial charge in [0.05, 0.1) is 0 Å². The minimum absolute atomic E-state index is 0.755. The van der Waals surface area contributed by atoms with Gasteiger partial charge in [-0.25, -0.2) is 0 Å². The number of carbonyl (C=O) groups is 1. The first-order valence-corrected chi connectivity index (χ1v) is 5.05. The van der Waals surface area contributed by atoms with Gasteiger partial charge in [0, 0.05) is 5.56 Å². The molecule has 0 atom stereocenters. The first kappa shape index (κ1) is 8.42. The van der Waals surface area contributed by atoms with E-state index in [0.29, 0.717) is 0 Å². The smallest absolute Gasteiger partial charge is 0.150 e. The van der Waals surface area contributed by atoms with Crippen molar-refractivity contribution in [3.8, 4) is 11.1 Å². The van der Waals surface area contributed by atoms with Crippen LogP contribution in [-0.4, -0.2) is 6.29 Å². The van der Waals surface area contributed by atoms with Crippen LogP contribution in [0.15, 0.2) is 42.5 Å². The first-order chi connectivity index (χ1) is 7.38. The molecule has 2 aromatic rings. The zero-order valence-corrected chi connectivity index (χ0v) is 8.23. The molecule has 0 heterocycles. The Morgan fingerprint density at radius 3 is 2.60 bits per heavy atom. The molecule has 0 saturated heterocycles. The molecule has 0 saturated carbocycles. The van der Waals surface area contributed by atoms with Crippen LogP contribution in [0.2, 0.25) is 0 Å². The molecule has 1 aliphatic carbocycles. The number of carbonyl (C=O) groups excluding carboxylic acids is 1. The second kappa shape index (κ2) is 3.06. The van der Waals surface area contributed by atoms with Crippen LogP contribution in [0.1, 0.15) is 21.5 Å². The molecule has 0 fully saturated rings. The van der Waals surface area contributed by atoms with Crippen molar-refractivity contribution in [2.45, 2.75) is 6.42 Å². The molecule has 3 rings (SSSR count). The normalized spacial score (nSPS) is 12.0. The third kappa shape index (κ3) is 1.20. The summed E-state index contributed by atoms with van der Waals surface area (Å²) in [6.45, 7) is 0. The molecule has 2 aromatic carbocycles. The van der Waals surface area contributed by atoms with Gasteiger partial charge in [-0.1, -0.05) is 36.4 Å². The number of aldehydes is 1. The molecular formula is C14H10O. The van der Waals surface area contributed by atoms with E-state index in [1.54, 1.807) is 0 Å². The van der Waals surface area contributed by atoms with E-state index < -0.39 is 0 Å². The quantitative estimate of drug-likeness (QED) is 0.544. The molecule has 0 bridgehead atoms. The Kier molecular flexibility index (Phi) is 1.72. The van der Waals surface area contributed by atoms with Gasteiger partial charge < -0.3 is 0 Å². The molecule has 0 aliphatic heterocycles. The lowest BCUT2D eigenvalue weighted by Gasteiger charge is -2.00. The van der Waals surface area contributed by atoms with Gasteiger partial charge in [0.15, 0.2) is 0 Å². The summed E-state index contributed by atoms with van der Waals surface area (Å²) in [5.74, 6) is 0. The van der Waals surface area contributed by atoms with Gasteiger partial charge in [-0.2, -0.15) is 0 Å². The van der Waals surface area contributed by atoms with E-state index in [-0.39, 0.29) is 0 Å². The van der Waals surface area contributed by atoms with Crippen LogP contribution in [0.3, 0.4) is 0 Å². The maximum Gasteiger partial charge on any atom is 0.150 e. The molecule has 0 N–H and O–H groups in total. The van der Waals surface area contributed by atoms with Crippen molar-refractivity contribution in [1.82, 2.24) is 0 Å². The second-order valence-electron chi connectivity index (χ2n) is 3.87. The van der Waals surface area contributed by atoms with Crippen LogP contribution in [0.4, 0.5) is 0 Å². The highest BCUT2D eigenvalue weighted by atomic mass is 16.1. The van der Waals surface area contributed by atoms with Gasteiger partial charge in [-0.05, 0) is 34.7 Å². The van der Waals surface area contributed by atoms with Crippen LogP contribution in [0, 0.1) is 0 Å². The van der Waals surface area contributed by atoms with Crippen LogP contribution >= 0.6 is 0 Å². The third-order valence-electron chi connectivity index (χ3n) is 2.96. The predicted octanol–water partition coefficient (Wildman–Crippen LogP) is 3.07. The number of benzene rings is 2. The van der Waals surface area contributed by atoms with Crippen molar-refractivity contribution in [2.75, 3.05) is 0 Å². The molecule has 0 spiro atoms. The lowest BCUT2D eigenvalue weighted by molar-refractivity contribution is 0.112. The Balaban J connectivity index is 2.26. The Hall–Kier alpha value is -1.89. The van der Waals surface area contributed by atoms with Crippen molar-refractivity contribution < 1.29 is 4.79 Å². The molecule has 0 radical (unpaired) electrons. The Bertz CT molecular complexity index is 541. The van der Waals surface area contributed by atoms with E-state index in [1.165, 1.54) is 22.3 Å². The van der Waals surface area contributed by atoms with Crippen LogP contribution < -0.4 is 0 Å². The highest BCUT2D eigenvalue weighted by Crippen LogP contribution is 2.36. The number of hydrogen-bond donors (Lipinski definition) is 0. The van der Waals surface area contributed by atoms with Crippen LogP contribution in [0.25, 0.3) is 11.1 Å². The predicted molar refractivity (Wildman–Crippen MR) is 60.1 cm³/mol. The number of fused-ring (bicyclic) bond motifs is 3. The van der Waals surface area contributed by atoms with Gasteiger partial charge in [0.25, 0.3) is 0 Å². The fraction of sp³-hybridized carbons (Fsp3) is 0.0714. The maximum absolute atomic E-state index is 10.7. The molecule has 0 aromatic heterocycles. The monoisotopic (exact) mass is 194 g/mol. The van der Waals surface area contributed by atoms with Crippen molar-refractivity contribution >= 4 is 6.29 Å². The van der Waals surface area contributed by atoms with Gasteiger partial charge in [0.1, 0.15) is 6.29 Å². The van der Waals surface area contributed by atoms with Crippen LogP contribution in [0.5, 0.6) is 0 Å². The standard InChI is InChI=1S/C14H10O/c15-9-10-5-6-12-8-11-3-1-2-4-13(11)14(12)7-10/h1-7,9H,8H2. The van der Waals surface area contributed by atoms with E-state index in [0.717, 1.165) is 18.3 Å². The molecule has 72 valence electrons. The van der Waals surface area contributed by atoms with E-state index in [2.05, 4.69) is 24.3 Å². The molecule has 1 heteroatoms. The highest BCUT2D eigenvalue weighted by Gasteiger charge is 2.17. The zero-order chi connectivity index (χ0) is 10.3. The van der Waals surface area contributed by atoms with E-state index in [1.807, 2.05) is 18.2 Å². The van der Waals surface area contributed by atoms with Gasteiger partial charge >= 0.3 is 0 Å². The molecule has 0 amide bonds. The Morgan fingerprint density at radius 1 is 0.933 bits per heavy atom. The third-order valence-corrected chi connectivity index (χ3v) is 2.96. The van der Waals surface area contributed by atoms with Crippen molar-refractivity contribution in [3.63, 3.8) is 0 Å². The van der Waals surface area contributed by atoms with Crippen molar-refractivity contribution in [1.29, 1.82) is 0 Å². The molecule has 15 heavy (non-hydrogen) atoms. The lowest BCUT2D eigenvalue weighted by atomic mass is 10.0. The first-order valence-electron chi connectivity index (χ1n) is 5.05. The Labute approximate surface area is 88.4 Å². The van der Waals surface area contributed by atoms with Gasteiger partial charge in [-0.15, -0.1) is 0 Å². The largest absolute Gasteiger partial charge is 0.298 e. The lowest BCUT2D eigenvalue weighted by Crippen LogP contribution is -1.83. The van der Waals surface area contributed by atoms with E-state index in [9.17, 15) is 4.79 Å². The fourth-order valence-corrected chi connectivity index (χ4v) is 2.21. The number of hydrogen-bond acceptors (Lipinski definition) is 1. The number of rotatable bonds is 1. The van der Waals surface area contributed by atoms with Gasteiger partial charge in [-0.3, -0.25) is 4.79 Å². The summed E-state index contributed by atoms with van der Waals surface area (Å²) in [6, 6.07) is 14.3. The topological polar surface area (TPSA) is 17.1 Å². The Morgan fingerprint density at radius 2 is 1.73 bits per heavy atom. The summed E-state index contributed by atoms with van der Waals surface area (Å²) in [4.78, 5) is 10.7. The summed E-state index contributed by atoms with van der Waals surface area (Å²) < 4.78 is 0. The minimum Gasteiger partial charge on any atom is -0.298 e. The molecular weight excluding hydrogens is 184 g/mol. The molecule has 1 aliphatic rings. The fourth-order valence-electron chi connectivity index (χ4n) is 2.21.